The van der Waals surface area contributed by atoms with Gasteiger partial charge in [0.15, 0.2) is 0 Å². The van der Waals surface area contributed by atoms with Crippen LogP contribution in [0.5, 0.6) is 0 Å². The van der Waals surface area contributed by atoms with Crippen molar-refractivity contribution in [2.75, 3.05) is 13.2 Å². The predicted octanol–water partition coefficient (Wildman–Crippen LogP) is 3.39. The van der Waals surface area contributed by atoms with E-state index in [2.05, 4.69) is 0 Å². The normalized spacial score (nSPS) is 14.3. The van der Waals surface area contributed by atoms with Crippen LogP contribution in [0.25, 0.3) is 22.4 Å². The molecule has 0 saturated carbocycles. The van der Waals surface area contributed by atoms with Crippen LogP contribution in [0.4, 0.5) is 0 Å². The van der Waals surface area contributed by atoms with Gasteiger partial charge in [0.2, 0.25) is 0 Å². The summed E-state index contributed by atoms with van der Waals surface area (Å²) < 4.78 is 8.88. The lowest BCUT2D eigenvalue weighted by atomic mass is 9.95. The van der Waals surface area contributed by atoms with Crippen molar-refractivity contribution in [2.24, 2.45) is 18.9 Å². The van der Waals surface area contributed by atoms with E-state index in [1.54, 1.807) is 27.1 Å². The molecule has 3 aromatic rings. The van der Waals surface area contributed by atoms with Gasteiger partial charge in [-0.15, -0.1) is 0 Å². The number of imidazole rings is 1. The van der Waals surface area contributed by atoms with Crippen molar-refractivity contribution in [3.8, 4) is 11.4 Å². The van der Waals surface area contributed by atoms with Crippen molar-refractivity contribution >= 4 is 17.0 Å². The summed E-state index contributed by atoms with van der Waals surface area (Å²) in [6, 6.07) is 7.54. The van der Waals surface area contributed by atoms with Gasteiger partial charge in [-0.05, 0) is 63.3 Å². The van der Waals surface area contributed by atoms with Crippen molar-refractivity contribution in [3.63, 3.8) is 0 Å². The van der Waals surface area contributed by atoms with Crippen molar-refractivity contribution in [1.29, 1.82) is 0 Å². The Morgan fingerprint density at radius 1 is 1.17 bits per heavy atom. The van der Waals surface area contributed by atoms with Crippen LogP contribution in [0.3, 0.4) is 0 Å². The van der Waals surface area contributed by atoms with Crippen molar-refractivity contribution in [3.05, 3.63) is 51.9 Å². The smallest absolute Gasteiger partial charge is 0.311 e. The van der Waals surface area contributed by atoms with Crippen LogP contribution in [0.15, 0.2) is 35.3 Å². The largest absolute Gasteiger partial charge is 0.465 e. The zero-order valence-corrected chi connectivity index (χ0v) is 21.5. The Hall–Kier alpha value is -2.97. The topological polar surface area (TPSA) is 107 Å². The number of aliphatic hydroxyl groups excluding tert-OH is 2. The first-order valence-electron chi connectivity index (χ1n) is 12.2. The maximum absolute atomic E-state index is 12.5. The number of hydrogen-bond acceptors (Lipinski definition) is 6. The molecule has 0 amide bonds. The minimum atomic E-state index is -0.803. The van der Waals surface area contributed by atoms with E-state index in [-0.39, 0.29) is 30.1 Å². The van der Waals surface area contributed by atoms with Gasteiger partial charge >= 0.3 is 5.97 Å². The summed E-state index contributed by atoms with van der Waals surface area (Å²) in [6.07, 6.45) is 2.00. The molecule has 8 nitrogen and oxygen atoms in total. The highest BCUT2D eigenvalue weighted by molar-refractivity contribution is 5.81. The molecule has 0 aliphatic heterocycles. The van der Waals surface area contributed by atoms with Crippen LogP contribution in [0, 0.1) is 18.8 Å². The second-order valence-electron chi connectivity index (χ2n) is 9.90. The number of carbonyl (C=O) groups is 1. The number of carbonyl (C=O) groups excluding carboxylic acids is 1. The van der Waals surface area contributed by atoms with E-state index in [0.29, 0.717) is 30.8 Å². The summed E-state index contributed by atoms with van der Waals surface area (Å²) in [5.74, 6) is -0.0577. The van der Waals surface area contributed by atoms with Gasteiger partial charge < -0.3 is 24.1 Å². The molecule has 1 aromatic carbocycles. The van der Waals surface area contributed by atoms with E-state index in [0.717, 1.165) is 22.2 Å². The summed E-state index contributed by atoms with van der Waals surface area (Å²) >= 11 is 0. The summed E-state index contributed by atoms with van der Waals surface area (Å²) in [5, 5.41) is 20.1. The number of rotatable bonds is 10. The lowest BCUT2D eigenvalue weighted by Gasteiger charge is -2.19. The summed E-state index contributed by atoms with van der Waals surface area (Å²) in [7, 11) is 1.71. The molecule has 0 unspecified atom stereocenters. The van der Waals surface area contributed by atoms with E-state index in [1.807, 2.05) is 49.6 Å². The highest BCUT2D eigenvalue weighted by atomic mass is 16.5. The number of aliphatic hydroxyl groups is 2. The second-order valence-corrected chi connectivity index (χ2v) is 9.90. The molecule has 3 atom stereocenters. The molecule has 3 rings (SSSR count). The molecule has 0 fully saturated rings. The maximum atomic E-state index is 12.5. The Labute approximate surface area is 206 Å². The van der Waals surface area contributed by atoms with Gasteiger partial charge in [-0.1, -0.05) is 19.9 Å². The fourth-order valence-electron chi connectivity index (χ4n) is 4.27. The first-order chi connectivity index (χ1) is 16.5. The standard InChI is InChI=1S/C27H37N3O5/c1-16(2)15-35-27(34)22(19(5)32)9-7-20-8-10-24-23(12-20)28-25(30(24)18(4)14-31)21-11-17(3)26(33)29(6)13-21/h8,10-13,16,18-19,22,31-32H,7,9,14-15H2,1-6H3/t18-,19+,22-/m0/s1. The Bertz CT molecular complexity index is 1220. The number of hydrogen-bond donors (Lipinski definition) is 2. The summed E-state index contributed by atoms with van der Waals surface area (Å²) in [6.45, 7) is 9.54. The van der Waals surface area contributed by atoms with Gasteiger partial charge in [0.1, 0.15) is 5.82 Å². The van der Waals surface area contributed by atoms with Crippen LogP contribution in [0.2, 0.25) is 0 Å². The van der Waals surface area contributed by atoms with E-state index in [9.17, 15) is 19.8 Å². The predicted molar refractivity (Wildman–Crippen MR) is 136 cm³/mol. The van der Waals surface area contributed by atoms with Crippen LogP contribution in [-0.4, -0.2) is 49.6 Å². The zero-order chi connectivity index (χ0) is 25.9. The molecular weight excluding hydrogens is 446 g/mol. The van der Waals surface area contributed by atoms with Gasteiger partial charge in [-0.3, -0.25) is 9.59 Å². The minimum absolute atomic E-state index is 0.0560. The van der Waals surface area contributed by atoms with Crippen LogP contribution >= 0.6 is 0 Å². The number of pyridine rings is 1. The Morgan fingerprint density at radius 2 is 1.89 bits per heavy atom. The number of aryl methyl sites for hydroxylation is 3. The Kier molecular flexibility index (Phi) is 8.51. The monoisotopic (exact) mass is 483 g/mol. The molecule has 0 bridgehead atoms. The molecule has 35 heavy (non-hydrogen) atoms. The van der Waals surface area contributed by atoms with Crippen molar-refractivity contribution in [2.45, 2.75) is 59.6 Å². The summed E-state index contributed by atoms with van der Waals surface area (Å²) in [4.78, 5) is 29.5. The third-order valence-electron chi connectivity index (χ3n) is 6.27. The van der Waals surface area contributed by atoms with E-state index < -0.39 is 12.0 Å². The SMILES string of the molecule is Cc1cc(-c2nc3cc(CC[C@H](C(=O)OCC(C)C)[C@@H](C)O)ccc3n2[C@@H](C)CO)cn(C)c1=O. The fraction of sp³-hybridized carbons (Fsp3) is 0.519. The van der Waals surface area contributed by atoms with Gasteiger partial charge in [0, 0.05) is 24.4 Å². The molecule has 190 valence electrons. The lowest BCUT2D eigenvalue weighted by molar-refractivity contribution is -0.153. The van der Waals surface area contributed by atoms with Crippen LogP contribution in [-0.2, 0) is 23.0 Å². The molecule has 8 heteroatoms. The van der Waals surface area contributed by atoms with Gasteiger partial charge in [0.25, 0.3) is 5.56 Å². The number of ether oxygens (including phenoxy) is 1. The molecule has 0 radical (unpaired) electrons. The first kappa shape index (κ1) is 26.6. The molecule has 0 aliphatic carbocycles. The third-order valence-corrected chi connectivity index (χ3v) is 6.27. The minimum Gasteiger partial charge on any atom is -0.465 e. The van der Waals surface area contributed by atoms with E-state index in [4.69, 9.17) is 9.72 Å². The quantitative estimate of drug-likeness (QED) is 0.428. The van der Waals surface area contributed by atoms with Gasteiger partial charge in [-0.2, -0.15) is 0 Å². The highest BCUT2D eigenvalue weighted by Gasteiger charge is 2.25. The number of aromatic nitrogens is 3. The number of nitrogens with zero attached hydrogens (tertiary/aromatic N) is 3. The number of esters is 1. The van der Waals surface area contributed by atoms with Crippen LogP contribution in [0.1, 0.15) is 51.3 Å². The lowest BCUT2D eigenvalue weighted by Crippen LogP contribution is -2.29. The molecule has 0 spiro atoms. The van der Waals surface area contributed by atoms with Crippen LogP contribution < -0.4 is 5.56 Å². The Morgan fingerprint density at radius 3 is 2.49 bits per heavy atom. The molecule has 2 heterocycles. The number of fused-ring (bicyclic) bond motifs is 1. The third kappa shape index (κ3) is 6.00. The van der Waals surface area contributed by atoms with Gasteiger partial charge in [0.05, 0.1) is 42.3 Å². The Balaban J connectivity index is 1.94. The summed E-state index contributed by atoms with van der Waals surface area (Å²) in [5.41, 5.74) is 3.98. The average Bonchev–Trinajstić information content (AvgIpc) is 3.19. The first-order valence-corrected chi connectivity index (χ1v) is 12.2. The molecular formula is C27H37N3O5. The molecule has 0 saturated heterocycles. The van der Waals surface area contributed by atoms with Crippen molar-refractivity contribution < 1.29 is 19.7 Å². The second kappa shape index (κ2) is 11.2. The van der Waals surface area contributed by atoms with E-state index in [1.165, 1.54) is 4.57 Å². The van der Waals surface area contributed by atoms with Crippen molar-refractivity contribution in [1.82, 2.24) is 14.1 Å². The zero-order valence-electron chi connectivity index (χ0n) is 21.5. The maximum Gasteiger partial charge on any atom is 0.311 e. The average molecular weight is 484 g/mol. The molecule has 2 N–H and O–H groups in total. The molecule has 0 aliphatic rings. The molecule has 2 aromatic heterocycles. The fourth-order valence-corrected chi connectivity index (χ4v) is 4.27. The van der Waals surface area contributed by atoms with Gasteiger partial charge in [-0.25, -0.2) is 4.98 Å². The van der Waals surface area contributed by atoms with E-state index >= 15 is 0 Å². The number of benzene rings is 1. The highest BCUT2D eigenvalue weighted by Crippen LogP contribution is 2.29.